The Morgan fingerprint density at radius 2 is 1.95 bits per heavy atom. The molecule has 5 nitrogen and oxygen atoms in total. The van der Waals surface area contributed by atoms with Crippen molar-refractivity contribution >= 4 is 17.5 Å². The van der Waals surface area contributed by atoms with Gasteiger partial charge in [-0.05, 0) is 24.1 Å². The number of halogens is 1. The Morgan fingerprint density at radius 3 is 2.53 bits per heavy atom. The van der Waals surface area contributed by atoms with Crippen LogP contribution in [0.4, 0.5) is 10.1 Å². The summed E-state index contributed by atoms with van der Waals surface area (Å²) < 4.78 is 13.1. The van der Waals surface area contributed by atoms with Crippen LogP contribution in [-0.2, 0) is 4.79 Å². The molecule has 19 heavy (non-hydrogen) atoms. The minimum Gasteiger partial charge on any atom is -0.399 e. The maximum absolute atomic E-state index is 13.1. The monoisotopic (exact) mass is 267 g/mol. The average Bonchev–Trinajstić information content (AvgIpc) is 2.32. The van der Waals surface area contributed by atoms with Crippen LogP contribution in [-0.4, -0.2) is 24.9 Å². The molecular formula is C13H18FN3O2. The molecule has 1 aromatic rings. The lowest BCUT2D eigenvalue weighted by Gasteiger charge is -2.09. The Bertz CT molecular complexity index is 455. The number of carbonyl (C=O) groups excluding carboxylic acids is 2. The molecule has 0 fully saturated rings. The third-order valence-corrected chi connectivity index (χ3v) is 2.30. The lowest BCUT2D eigenvalue weighted by atomic mass is 10.2. The number of amides is 2. The maximum Gasteiger partial charge on any atom is 0.251 e. The lowest BCUT2D eigenvalue weighted by Crippen LogP contribution is -2.38. The van der Waals surface area contributed by atoms with Gasteiger partial charge in [0.2, 0.25) is 5.91 Å². The number of rotatable bonds is 5. The van der Waals surface area contributed by atoms with E-state index in [1.807, 2.05) is 13.8 Å². The van der Waals surface area contributed by atoms with E-state index in [-0.39, 0.29) is 23.7 Å². The highest BCUT2D eigenvalue weighted by molar-refractivity contribution is 5.97. The van der Waals surface area contributed by atoms with Crippen molar-refractivity contribution in [3.63, 3.8) is 0 Å². The fraction of sp³-hybridized carbons (Fsp3) is 0.385. The third kappa shape index (κ3) is 5.37. The first kappa shape index (κ1) is 14.9. The van der Waals surface area contributed by atoms with Gasteiger partial charge in [-0.15, -0.1) is 0 Å². The summed E-state index contributed by atoms with van der Waals surface area (Å²) in [5, 5.41) is 5.06. The summed E-state index contributed by atoms with van der Waals surface area (Å²) in [6, 6.07) is 3.54. The summed E-state index contributed by atoms with van der Waals surface area (Å²) in [5.74, 6) is -1.07. The number of hydrogen-bond acceptors (Lipinski definition) is 3. The zero-order valence-electron chi connectivity index (χ0n) is 11.0. The van der Waals surface area contributed by atoms with E-state index in [0.717, 1.165) is 12.1 Å². The van der Waals surface area contributed by atoms with Crippen LogP contribution in [0.3, 0.4) is 0 Å². The Morgan fingerprint density at radius 1 is 1.26 bits per heavy atom. The van der Waals surface area contributed by atoms with Crippen LogP contribution in [0.2, 0.25) is 0 Å². The Hall–Kier alpha value is -2.11. The summed E-state index contributed by atoms with van der Waals surface area (Å²) in [5.41, 5.74) is 5.69. The molecule has 0 spiro atoms. The molecule has 4 N–H and O–H groups in total. The van der Waals surface area contributed by atoms with Crippen molar-refractivity contribution in [1.29, 1.82) is 0 Å². The van der Waals surface area contributed by atoms with Crippen molar-refractivity contribution in [2.24, 2.45) is 5.92 Å². The summed E-state index contributed by atoms with van der Waals surface area (Å²) in [6.45, 7) is 4.33. The molecule has 1 rings (SSSR count). The summed E-state index contributed by atoms with van der Waals surface area (Å²) in [7, 11) is 0. The molecule has 104 valence electrons. The predicted molar refractivity (Wildman–Crippen MR) is 71.0 cm³/mol. The van der Waals surface area contributed by atoms with Gasteiger partial charge in [-0.1, -0.05) is 13.8 Å². The summed E-state index contributed by atoms with van der Waals surface area (Å²) in [4.78, 5) is 23.1. The molecule has 1 aromatic carbocycles. The third-order valence-electron chi connectivity index (χ3n) is 2.30. The van der Waals surface area contributed by atoms with Gasteiger partial charge in [-0.3, -0.25) is 9.59 Å². The molecule has 0 aliphatic heterocycles. The molecule has 0 atom stereocenters. The molecule has 0 bridgehead atoms. The molecule has 0 aliphatic carbocycles. The summed E-state index contributed by atoms with van der Waals surface area (Å²) in [6.07, 6.45) is 0. The second kappa shape index (κ2) is 6.72. The molecular weight excluding hydrogens is 249 g/mol. The highest BCUT2D eigenvalue weighted by Gasteiger charge is 2.10. The quantitative estimate of drug-likeness (QED) is 0.693. The van der Waals surface area contributed by atoms with Crippen LogP contribution in [0.15, 0.2) is 18.2 Å². The average molecular weight is 267 g/mol. The second-order valence-electron chi connectivity index (χ2n) is 4.65. The van der Waals surface area contributed by atoms with Gasteiger partial charge in [0, 0.05) is 17.8 Å². The van der Waals surface area contributed by atoms with Crippen LogP contribution in [0.25, 0.3) is 0 Å². The number of anilines is 1. The van der Waals surface area contributed by atoms with Gasteiger partial charge in [0.25, 0.3) is 5.91 Å². The van der Waals surface area contributed by atoms with Gasteiger partial charge in [0.05, 0.1) is 6.54 Å². The Kier molecular flexibility index (Phi) is 5.29. The van der Waals surface area contributed by atoms with Gasteiger partial charge >= 0.3 is 0 Å². The minimum atomic E-state index is -0.589. The Balaban J connectivity index is 2.49. The highest BCUT2D eigenvalue weighted by Crippen LogP contribution is 2.10. The zero-order chi connectivity index (χ0) is 14.4. The molecule has 0 aliphatic rings. The topological polar surface area (TPSA) is 84.2 Å². The number of carbonyl (C=O) groups is 2. The maximum atomic E-state index is 13.1. The summed E-state index contributed by atoms with van der Waals surface area (Å²) >= 11 is 0. The van der Waals surface area contributed by atoms with E-state index in [9.17, 15) is 14.0 Å². The van der Waals surface area contributed by atoms with E-state index in [1.165, 1.54) is 6.07 Å². The van der Waals surface area contributed by atoms with Crippen molar-refractivity contribution in [3.05, 3.63) is 29.6 Å². The number of nitrogen functional groups attached to an aromatic ring is 1. The molecule has 0 heterocycles. The first-order valence-corrected chi connectivity index (χ1v) is 5.99. The van der Waals surface area contributed by atoms with Gasteiger partial charge in [-0.2, -0.15) is 0 Å². The van der Waals surface area contributed by atoms with Gasteiger partial charge in [0.1, 0.15) is 5.82 Å². The Labute approximate surface area is 111 Å². The van der Waals surface area contributed by atoms with Crippen LogP contribution in [0.1, 0.15) is 24.2 Å². The van der Waals surface area contributed by atoms with Gasteiger partial charge < -0.3 is 16.4 Å². The van der Waals surface area contributed by atoms with Gasteiger partial charge in [0.15, 0.2) is 0 Å². The van der Waals surface area contributed by atoms with Crippen LogP contribution < -0.4 is 16.4 Å². The van der Waals surface area contributed by atoms with Crippen LogP contribution in [0.5, 0.6) is 0 Å². The van der Waals surface area contributed by atoms with E-state index in [1.54, 1.807) is 0 Å². The second-order valence-corrected chi connectivity index (χ2v) is 4.65. The molecule has 6 heteroatoms. The number of nitrogens with two attached hydrogens (primary N) is 1. The first-order valence-electron chi connectivity index (χ1n) is 5.99. The number of benzene rings is 1. The van der Waals surface area contributed by atoms with E-state index < -0.39 is 11.7 Å². The SMILES string of the molecule is CC(C)CNC(=O)CNC(=O)c1cc(N)cc(F)c1. The molecule has 0 unspecified atom stereocenters. The standard InChI is InChI=1S/C13H18FN3O2/c1-8(2)6-16-12(18)7-17-13(19)9-3-10(14)5-11(15)4-9/h3-5,8H,6-7,15H2,1-2H3,(H,16,18)(H,17,19). The molecule has 0 aromatic heterocycles. The number of hydrogen-bond donors (Lipinski definition) is 3. The van der Waals surface area contributed by atoms with Crippen molar-refractivity contribution in [2.45, 2.75) is 13.8 Å². The fourth-order valence-corrected chi connectivity index (χ4v) is 1.39. The van der Waals surface area contributed by atoms with Gasteiger partial charge in [-0.25, -0.2) is 4.39 Å². The van der Waals surface area contributed by atoms with E-state index in [2.05, 4.69) is 10.6 Å². The molecule has 0 saturated carbocycles. The van der Waals surface area contributed by atoms with Crippen LogP contribution >= 0.6 is 0 Å². The first-order chi connectivity index (χ1) is 8.88. The van der Waals surface area contributed by atoms with E-state index >= 15 is 0 Å². The smallest absolute Gasteiger partial charge is 0.251 e. The lowest BCUT2D eigenvalue weighted by molar-refractivity contribution is -0.120. The molecule has 0 saturated heterocycles. The normalized spacial score (nSPS) is 10.3. The van der Waals surface area contributed by atoms with Crippen molar-refractivity contribution in [3.8, 4) is 0 Å². The van der Waals surface area contributed by atoms with Crippen molar-refractivity contribution < 1.29 is 14.0 Å². The van der Waals surface area contributed by atoms with E-state index in [0.29, 0.717) is 12.5 Å². The van der Waals surface area contributed by atoms with Crippen molar-refractivity contribution in [2.75, 3.05) is 18.8 Å². The highest BCUT2D eigenvalue weighted by atomic mass is 19.1. The largest absolute Gasteiger partial charge is 0.399 e. The number of nitrogens with one attached hydrogen (secondary N) is 2. The minimum absolute atomic E-state index is 0.0918. The predicted octanol–water partition coefficient (Wildman–Crippen LogP) is 0.910. The molecule has 2 amide bonds. The van der Waals surface area contributed by atoms with Crippen molar-refractivity contribution in [1.82, 2.24) is 10.6 Å². The zero-order valence-corrected chi connectivity index (χ0v) is 11.0. The molecule has 0 radical (unpaired) electrons. The van der Waals surface area contributed by atoms with E-state index in [4.69, 9.17) is 5.73 Å². The van der Waals surface area contributed by atoms with Crippen LogP contribution in [0, 0.1) is 11.7 Å². The fourth-order valence-electron chi connectivity index (χ4n) is 1.39.